The molecule has 0 radical (unpaired) electrons. The maximum atomic E-state index is 12.7. The number of imidazole rings is 1. The van der Waals surface area contributed by atoms with Crippen LogP contribution < -0.4 is 0 Å². The molecule has 0 aliphatic heterocycles. The van der Waals surface area contributed by atoms with Crippen molar-refractivity contribution in [3.05, 3.63) is 81.5 Å². The number of aromatic nitrogens is 2. The highest BCUT2D eigenvalue weighted by molar-refractivity contribution is 6.38. The van der Waals surface area contributed by atoms with Crippen LogP contribution in [-0.2, 0) is 11.2 Å². The first kappa shape index (κ1) is 17.8. The molecule has 0 saturated heterocycles. The van der Waals surface area contributed by atoms with E-state index in [1.807, 2.05) is 54.6 Å². The first-order chi connectivity index (χ1) is 13.1. The number of para-hydroxylation sites is 2. The minimum Gasteiger partial charge on any atom is -0.462 e. The van der Waals surface area contributed by atoms with Crippen molar-refractivity contribution < 1.29 is 9.53 Å². The summed E-state index contributed by atoms with van der Waals surface area (Å²) in [5.74, 6) is -0.506. The number of rotatable bonds is 4. The molecule has 6 heteroatoms. The highest BCUT2D eigenvalue weighted by Crippen LogP contribution is 2.36. The van der Waals surface area contributed by atoms with Crippen molar-refractivity contribution in [3.63, 3.8) is 0 Å². The van der Waals surface area contributed by atoms with E-state index in [9.17, 15) is 4.79 Å². The lowest BCUT2D eigenvalue weighted by Crippen LogP contribution is -2.11. The number of fused-ring (bicyclic) bond motifs is 3. The van der Waals surface area contributed by atoms with Crippen molar-refractivity contribution in [1.82, 2.24) is 9.38 Å². The third kappa shape index (κ3) is 3.05. The summed E-state index contributed by atoms with van der Waals surface area (Å²) in [5, 5.41) is 0.728. The molecule has 4 rings (SSSR count). The summed E-state index contributed by atoms with van der Waals surface area (Å²) < 4.78 is 7.01. The van der Waals surface area contributed by atoms with E-state index < -0.39 is 5.97 Å². The Morgan fingerprint density at radius 1 is 1.07 bits per heavy atom. The van der Waals surface area contributed by atoms with Gasteiger partial charge >= 0.3 is 5.97 Å². The maximum Gasteiger partial charge on any atom is 0.343 e. The zero-order valence-corrected chi connectivity index (χ0v) is 16.1. The lowest BCUT2D eigenvalue weighted by atomic mass is 10.0. The minimum atomic E-state index is -0.506. The number of nitrogens with zero attached hydrogens (tertiary/aromatic N) is 2. The van der Waals surface area contributed by atoms with Crippen LogP contribution in [0.5, 0.6) is 0 Å². The predicted octanol–water partition coefficient (Wildman–Crippen LogP) is 5.56. The Morgan fingerprint density at radius 2 is 1.78 bits per heavy atom. The van der Waals surface area contributed by atoms with E-state index in [-0.39, 0.29) is 17.2 Å². The molecule has 0 unspecified atom stereocenters. The number of ether oxygens (including phenoxy) is 1. The van der Waals surface area contributed by atoms with Gasteiger partial charge in [-0.15, -0.1) is 0 Å². The second-order valence-electron chi connectivity index (χ2n) is 6.10. The second kappa shape index (κ2) is 7.22. The summed E-state index contributed by atoms with van der Waals surface area (Å²) in [6.07, 6.45) is 0.493. The van der Waals surface area contributed by atoms with Gasteiger partial charge < -0.3 is 4.74 Å². The van der Waals surface area contributed by atoms with Crippen LogP contribution >= 0.6 is 23.2 Å². The summed E-state index contributed by atoms with van der Waals surface area (Å²) in [7, 11) is 0. The summed E-state index contributed by atoms with van der Waals surface area (Å²) in [4.78, 5) is 17.3. The summed E-state index contributed by atoms with van der Waals surface area (Å²) in [6, 6.07) is 17.4. The average molecular weight is 399 g/mol. The number of carbonyl (C=O) groups excluding carboxylic acids is 1. The monoisotopic (exact) mass is 398 g/mol. The SMILES string of the molecule is CCOC(=O)c1c(Cl)c(Cc2ccccc2)c(Cl)n2c1nc1ccccc12. The van der Waals surface area contributed by atoms with Crippen molar-refractivity contribution in [3.8, 4) is 0 Å². The Labute approximate surface area is 166 Å². The van der Waals surface area contributed by atoms with Crippen LogP contribution in [-0.4, -0.2) is 22.0 Å². The molecule has 4 nitrogen and oxygen atoms in total. The van der Waals surface area contributed by atoms with E-state index in [4.69, 9.17) is 27.9 Å². The molecular formula is C21H16Cl2N2O2. The molecule has 0 aliphatic carbocycles. The Bertz CT molecular complexity index is 1150. The predicted molar refractivity (Wildman–Crippen MR) is 108 cm³/mol. The van der Waals surface area contributed by atoms with Gasteiger partial charge in [0.1, 0.15) is 10.7 Å². The first-order valence-electron chi connectivity index (χ1n) is 8.60. The van der Waals surface area contributed by atoms with Crippen LogP contribution in [0.25, 0.3) is 16.7 Å². The molecule has 0 N–H and O–H groups in total. The quantitative estimate of drug-likeness (QED) is 0.333. The molecule has 136 valence electrons. The molecule has 27 heavy (non-hydrogen) atoms. The number of hydrogen-bond donors (Lipinski definition) is 0. The van der Waals surface area contributed by atoms with Crippen molar-refractivity contribution in [2.24, 2.45) is 0 Å². The Kier molecular flexibility index (Phi) is 4.77. The van der Waals surface area contributed by atoms with Crippen LogP contribution in [0, 0.1) is 0 Å². The topological polar surface area (TPSA) is 43.6 Å². The summed E-state index contributed by atoms with van der Waals surface area (Å²) in [6.45, 7) is 2.00. The van der Waals surface area contributed by atoms with Crippen molar-refractivity contribution in [1.29, 1.82) is 0 Å². The molecular weight excluding hydrogens is 383 g/mol. The second-order valence-corrected chi connectivity index (χ2v) is 6.84. The summed E-state index contributed by atoms with van der Waals surface area (Å²) >= 11 is 13.4. The Hall–Kier alpha value is -2.56. The Balaban J connectivity index is 2.05. The molecule has 4 aromatic rings. The molecule has 0 bridgehead atoms. The van der Waals surface area contributed by atoms with Crippen LogP contribution in [0.4, 0.5) is 0 Å². The van der Waals surface area contributed by atoms with Gasteiger partial charge in [0.05, 0.1) is 22.7 Å². The minimum absolute atomic E-state index is 0.241. The normalized spacial score (nSPS) is 11.2. The van der Waals surface area contributed by atoms with Crippen LogP contribution in [0.1, 0.15) is 28.4 Å². The van der Waals surface area contributed by atoms with E-state index in [0.717, 1.165) is 16.6 Å². The zero-order chi connectivity index (χ0) is 19.0. The fourth-order valence-electron chi connectivity index (χ4n) is 3.20. The molecule has 0 aliphatic rings. The van der Waals surface area contributed by atoms with Gasteiger partial charge in [0, 0.05) is 12.0 Å². The molecule has 2 aromatic heterocycles. The molecule has 0 saturated carbocycles. The number of benzene rings is 2. The standard InChI is InChI=1S/C21H16Cl2N2O2/c1-2-27-21(26)17-18(22)14(12-13-8-4-3-5-9-13)19(23)25-16-11-7-6-10-15(16)24-20(17)25/h3-11H,2,12H2,1H3. The van der Waals surface area contributed by atoms with Gasteiger partial charge in [-0.05, 0) is 24.6 Å². The number of halogens is 2. The lowest BCUT2D eigenvalue weighted by Gasteiger charge is -2.14. The van der Waals surface area contributed by atoms with Gasteiger partial charge in [0.25, 0.3) is 0 Å². The molecule has 0 fully saturated rings. The van der Waals surface area contributed by atoms with Crippen LogP contribution in [0.15, 0.2) is 54.6 Å². The molecule has 2 aromatic carbocycles. The first-order valence-corrected chi connectivity index (χ1v) is 9.35. The van der Waals surface area contributed by atoms with E-state index in [1.165, 1.54) is 0 Å². The van der Waals surface area contributed by atoms with E-state index in [1.54, 1.807) is 11.3 Å². The number of carbonyl (C=O) groups is 1. The molecule has 0 spiro atoms. The van der Waals surface area contributed by atoms with Gasteiger partial charge in [-0.1, -0.05) is 65.7 Å². The largest absolute Gasteiger partial charge is 0.462 e. The Morgan fingerprint density at radius 3 is 2.52 bits per heavy atom. The molecule has 0 atom stereocenters. The maximum absolute atomic E-state index is 12.7. The third-order valence-electron chi connectivity index (χ3n) is 4.42. The third-order valence-corrected chi connectivity index (χ3v) is 5.23. The van der Waals surface area contributed by atoms with Crippen LogP contribution in [0.3, 0.4) is 0 Å². The number of esters is 1. The van der Waals surface area contributed by atoms with Crippen LogP contribution in [0.2, 0.25) is 10.2 Å². The van der Waals surface area contributed by atoms with Gasteiger partial charge in [-0.2, -0.15) is 0 Å². The van der Waals surface area contributed by atoms with Gasteiger partial charge in [-0.3, -0.25) is 4.40 Å². The summed E-state index contributed by atoms with van der Waals surface area (Å²) in [5.41, 5.74) is 3.90. The zero-order valence-electron chi connectivity index (χ0n) is 14.6. The number of pyridine rings is 1. The lowest BCUT2D eigenvalue weighted by molar-refractivity contribution is 0.0528. The van der Waals surface area contributed by atoms with Crippen molar-refractivity contribution in [2.75, 3.05) is 6.61 Å². The van der Waals surface area contributed by atoms with Crippen molar-refractivity contribution >= 4 is 45.9 Å². The smallest absolute Gasteiger partial charge is 0.343 e. The highest BCUT2D eigenvalue weighted by atomic mass is 35.5. The van der Waals surface area contributed by atoms with Gasteiger partial charge in [-0.25, -0.2) is 9.78 Å². The molecule has 0 amide bonds. The van der Waals surface area contributed by atoms with Gasteiger partial charge in [0.2, 0.25) is 0 Å². The number of hydrogen-bond acceptors (Lipinski definition) is 3. The fraction of sp³-hybridized carbons (Fsp3) is 0.143. The fourth-order valence-corrected chi connectivity index (χ4v) is 3.90. The highest BCUT2D eigenvalue weighted by Gasteiger charge is 2.26. The van der Waals surface area contributed by atoms with E-state index >= 15 is 0 Å². The van der Waals surface area contributed by atoms with E-state index in [2.05, 4.69) is 4.98 Å². The molecule has 2 heterocycles. The van der Waals surface area contributed by atoms with Crippen molar-refractivity contribution in [2.45, 2.75) is 13.3 Å². The van der Waals surface area contributed by atoms with E-state index in [0.29, 0.717) is 22.8 Å². The average Bonchev–Trinajstić information content (AvgIpc) is 3.05. The van der Waals surface area contributed by atoms with Gasteiger partial charge in [0.15, 0.2) is 5.65 Å².